The number of rotatable bonds is 9. The molecule has 0 aliphatic heterocycles. The lowest BCUT2D eigenvalue weighted by atomic mass is 10.0. The number of anilines is 1. The van der Waals surface area contributed by atoms with Crippen LogP contribution in [0.1, 0.15) is 36.6 Å². The Labute approximate surface area is 170 Å². The van der Waals surface area contributed by atoms with Crippen LogP contribution < -0.4 is 10.1 Å². The van der Waals surface area contributed by atoms with Crippen LogP contribution in [0.15, 0.2) is 42.5 Å². The molecule has 0 bridgehead atoms. The first kappa shape index (κ1) is 21.8. The summed E-state index contributed by atoms with van der Waals surface area (Å²) in [5, 5.41) is 12.1. The minimum atomic E-state index is -0.864. The molecule has 0 spiro atoms. The van der Waals surface area contributed by atoms with Gasteiger partial charge in [0.05, 0.1) is 25.3 Å². The zero-order valence-electron chi connectivity index (χ0n) is 16.7. The highest BCUT2D eigenvalue weighted by Crippen LogP contribution is 2.31. The topological polar surface area (TPSA) is 97.6 Å². The van der Waals surface area contributed by atoms with Crippen molar-refractivity contribution in [1.29, 1.82) is 5.26 Å². The van der Waals surface area contributed by atoms with Gasteiger partial charge in [-0.2, -0.15) is 5.26 Å². The number of benzene rings is 2. The van der Waals surface area contributed by atoms with E-state index in [0.717, 1.165) is 12.0 Å². The average molecular weight is 396 g/mol. The first-order valence-corrected chi connectivity index (χ1v) is 9.28. The number of carbonyl (C=O) groups is 2. The van der Waals surface area contributed by atoms with E-state index in [1.54, 1.807) is 37.3 Å². The van der Waals surface area contributed by atoms with Crippen LogP contribution in [0.2, 0.25) is 0 Å². The summed E-state index contributed by atoms with van der Waals surface area (Å²) in [6, 6.07) is 13.3. The van der Waals surface area contributed by atoms with Gasteiger partial charge < -0.3 is 19.5 Å². The van der Waals surface area contributed by atoms with Crippen molar-refractivity contribution in [2.24, 2.45) is 0 Å². The Bertz CT molecular complexity index is 887. The van der Waals surface area contributed by atoms with Gasteiger partial charge in [0.2, 0.25) is 0 Å². The summed E-state index contributed by atoms with van der Waals surface area (Å²) >= 11 is 0. The Morgan fingerprint density at radius 1 is 1.14 bits per heavy atom. The Kier molecular flexibility index (Phi) is 8.04. The van der Waals surface area contributed by atoms with Crippen molar-refractivity contribution < 1.29 is 23.8 Å². The number of carbonyl (C=O) groups excluding carboxylic acids is 2. The zero-order chi connectivity index (χ0) is 21.2. The second kappa shape index (κ2) is 10.7. The average Bonchev–Trinajstić information content (AvgIpc) is 2.76. The number of hydrogen-bond donors (Lipinski definition) is 1. The summed E-state index contributed by atoms with van der Waals surface area (Å²) in [7, 11) is 1.30. The summed E-state index contributed by atoms with van der Waals surface area (Å²) in [6.45, 7) is 3.71. The molecule has 0 fully saturated rings. The number of nitrogens with one attached hydrogen (secondary N) is 1. The summed E-state index contributed by atoms with van der Waals surface area (Å²) in [4.78, 5) is 24.2. The van der Waals surface area contributed by atoms with E-state index in [9.17, 15) is 9.59 Å². The molecule has 0 saturated carbocycles. The number of nitriles is 1. The molecular weight excluding hydrogens is 372 g/mol. The Morgan fingerprint density at radius 2 is 1.86 bits per heavy atom. The third-order valence-electron chi connectivity index (χ3n) is 4.21. The van der Waals surface area contributed by atoms with Gasteiger partial charge in [-0.1, -0.05) is 13.0 Å². The van der Waals surface area contributed by atoms with E-state index in [1.807, 2.05) is 19.1 Å². The molecule has 0 heterocycles. The van der Waals surface area contributed by atoms with Crippen molar-refractivity contribution in [2.45, 2.75) is 26.3 Å². The van der Waals surface area contributed by atoms with Gasteiger partial charge in [0, 0.05) is 11.3 Å². The molecule has 1 N–H and O–H groups in total. The van der Waals surface area contributed by atoms with Crippen molar-refractivity contribution in [3.8, 4) is 11.8 Å². The van der Waals surface area contributed by atoms with Crippen molar-refractivity contribution in [3.63, 3.8) is 0 Å². The molecule has 0 aliphatic carbocycles. The lowest BCUT2D eigenvalue weighted by Crippen LogP contribution is -2.24. The predicted octanol–water partition coefficient (Wildman–Crippen LogP) is 3.39. The fourth-order valence-corrected chi connectivity index (χ4v) is 2.70. The van der Waals surface area contributed by atoms with E-state index < -0.39 is 18.0 Å². The third-order valence-corrected chi connectivity index (χ3v) is 4.21. The van der Waals surface area contributed by atoms with Crippen LogP contribution in [-0.4, -0.2) is 32.3 Å². The number of methoxy groups -OCH3 is 1. The number of nitrogens with zero attached hydrogens (tertiary/aromatic N) is 1. The highest BCUT2D eigenvalue weighted by atomic mass is 16.6. The van der Waals surface area contributed by atoms with E-state index in [-0.39, 0.29) is 13.2 Å². The molecule has 1 unspecified atom stereocenters. The van der Waals surface area contributed by atoms with E-state index in [4.69, 9.17) is 19.5 Å². The molecule has 2 aromatic rings. The summed E-state index contributed by atoms with van der Waals surface area (Å²) in [6.07, 6.45) is 0.760. The Hall–Kier alpha value is -3.53. The van der Waals surface area contributed by atoms with Gasteiger partial charge in [0.15, 0.2) is 12.6 Å². The second-order valence-electron chi connectivity index (χ2n) is 6.11. The van der Waals surface area contributed by atoms with E-state index in [2.05, 4.69) is 11.4 Å². The number of hydrogen-bond acceptors (Lipinski definition) is 7. The Morgan fingerprint density at radius 3 is 2.45 bits per heavy atom. The lowest BCUT2D eigenvalue weighted by Gasteiger charge is -2.21. The van der Waals surface area contributed by atoms with Gasteiger partial charge in [0.1, 0.15) is 5.75 Å². The first-order valence-electron chi connectivity index (χ1n) is 9.28. The Balaban J connectivity index is 2.37. The smallest absolute Gasteiger partial charge is 0.344 e. The van der Waals surface area contributed by atoms with Gasteiger partial charge in [-0.25, -0.2) is 9.59 Å². The maximum atomic E-state index is 12.5. The molecule has 0 aromatic heterocycles. The fraction of sp³-hybridized carbons (Fsp3) is 0.318. The predicted molar refractivity (Wildman–Crippen MR) is 107 cm³/mol. The molecule has 0 aliphatic rings. The summed E-state index contributed by atoms with van der Waals surface area (Å²) in [5.41, 5.74) is 2.69. The van der Waals surface area contributed by atoms with E-state index in [0.29, 0.717) is 22.6 Å². The minimum absolute atomic E-state index is 0.259. The van der Waals surface area contributed by atoms with Crippen molar-refractivity contribution >= 4 is 17.6 Å². The maximum absolute atomic E-state index is 12.5. The van der Waals surface area contributed by atoms with Gasteiger partial charge in [-0.05, 0) is 55.3 Å². The maximum Gasteiger partial charge on any atom is 0.344 e. The second-order valence-corrected chi connectivity index (χ2v) is 6.11. The molecule has 2 aromatic carbocycles. The molecule has 0 radical (unpaired) electrons. The minimum Gasteiger partial charge on any atom is -0.482 e. The van der Waals surface area contributed by atoms with Crippen LogP contribution in [0.3, 0.4) is 0 Å². The van der Waals surface area contributed by atoms with Crippen LogP contribution in [0.5, 0.6) is 5.75 Å². The highest BCUT2D eigenvalue weighted by molar-refractivity contribution is 5.82. The SMILES string of the molecule is CCOC(=O)COc1ccc(CC)cc1C(Nc1ccc(C#N)cc1)C(=O)OC. The first-order chi connectivity index (χ1) is 14.0. The highest BCUT2D eigenvalue weighted by Gasteiger charge is 2.26. The molecule has 1 atom stereocenters. The monoisotopic (exact) mass is 396 g/mol. The van der Waals surface area contributed by atoms with Crippen LogP contribution >= 0.6 is 0 Å². The zero-order valence-corrected chi connectivity index (χ0v) is 16.7. The molecule has 0 saturated heterocycles. The van der Waals surface area contributed by atoms with E-state index >= 15 is 0 Å². The van der Waals surface area contributed by atoms with Gasteiger partial charge >= 0.3 is 11.9 Å². The third kappa shape index (κ3) is 5.98. The van der Waals surface area contributed by atoms with E-state index in [1.165, 1.54) is 7.11 Å². The molecule has 152 valence electrons. The van der Waals surface area contributed by atoms with Gasteiger partial charge in [0.25, 0.3) is 0 Å². The van der Waals surface area contributed by atoms with Crippen LogP contribution in [0.4, 0.5) is 5.69 Å². The number of ether oxygens (including phenoxy) is 3. The largest absolute Gasteiger partial charge is 0.482 e. The summed E-state index contributed by atoms with van der Waals surface area (Å²) in [5.74, 6) is -0.622. The van der Waals surface area contributed by atoms with Crippen molar-refractivity contribution in [2.75, 3.05) is 25.6 Å². The molecule has 29 heavy (non-hydrogen) atoms. The number of esters is 2. The van der Waals surface area contributed by atoms with Crippen molar-refractivity contribution in [1.82, 2.24) is 0 Å². The quantitative estimate of drug-likeness (QED) is 0.649. The fourth-order valence-electron chi connectivity index (χ4n) is 2.70. The molecular formula is C22H24N2O5. The van der Waals surface area contributed by atoms with Crippen LogP contribution in [0.25, 0.3) is 0 Å². The lowest BCUT2D eigenvalue weighted by molar-refractivity contribution is -0.145. The molecule has 0 amide bonds. The van der Waals surface area contributed by atoms with Crippen LogP contribution in [0, 0.1) is 11.3 Å². The normalized spacial score (nSPS) is 11.1. The van der Waals surface area contributed by atoms with Crippen molar-refractivity contribution in [3.05, 3.63) is 59.2 Å². The summed E-state index contributed by atoms with van der Waals surface area (Å²) < 4.78 is 15.5. The number of aryl methyl sites for hydroxylation is 1. The standard InChI is InChI=1S/C22H24N2O5/c1-4-15-8-11-19(29-14-20(25)28-5-2)18(12-15)21(22(26)27-3)24-17-9-6-16(13-23)7-10-17/h6-12,21,24H,4-5,14H2,1-3H3. The van der Waals surface area contributed by atoms with Gasteiger partial charge in [-0.3, -0.25) is 0 Å². The van der Waals surface area contributed by atoms with Gasteiger partial charge in [-0.15, -0.1) is 0 Å². The molecule has 7 nitrogen and oxygen atoms in total. The molecule has 2 rings (SSSR count). The molecule has 7 heteroatoms. The van der Waals surface area contributed by atoms with Crippen LogP contribution in [-0.2, 0) is 25.5 Å².